The molecule has 0 aromatic heterocycles. The van der Waals surface area contributed by atoms with Crippen molar-refractivity contribution in [2.75, 3.05) is 13.2 Å². The predicted molar refractivity (Wildman–Crippen MR) is 68.6 cm³/mol. The van der Waals surface area contributed by atoms with Crippen molar-refractivity contribution in [1.29, 1.82) is 0 Å². The highest BCUT2D eigenvalue weighted by Gasteiger charge is 2.56. The second kappa shape index (κ2) is 4.70. The molecule has 1 heterocycles. The molecule has 1 aliphatic carbocycles. The molecule has 0 atom stereocenters. The van der Waals surface area contributed by atoms with E-state index in [1.165, 1.54) is 0 Å². The van der Waals surface area contributed by atoms with Crippen molar-refractivity contribution in [1.82, 2.24) is 5.32 Å². The van der Waals surface area contributed by atoms with Gasteiger partial charge >= 0.3 is 5.97 Å². The van der Waals surface area contributed by atoms with Crippen molar-refractivity contribution in [2.24, 2.45) is 5.41 Å². The number of rotatable bonds is 4. The Labute approximate surface area is 115 Å². The topological polar surface area (TPSA) is 84.9 Å². The zero-order chi connectivity index (χ0) is 14.2. The van der Waals surface area contributed by atoms with Crippen LogP contribution >= 0.6 is 0 Å². The van der Waals surface area contributed by atoms with E-state index in [9.17, 15) is 9.59 Å². The lowest BCUT2D eigenvalue weighted by molar-refractivity contribution is -0.149. The minimum absolute atomic E-state index is 0.282. The van der Waals surface area contributed by atoms with Crippen LogP contribution in [-0.2, 0) is 16.1 Å². The van der Waals surface area contributed by atoms with Gasteiger partial charge in [0.1, 0.15) is 18.6 Å². The number of benzene rings is 1. The molecule has 1 aromatic carbocycles. The van der Waals surface area contributed by atoms with Crippen LogP contribution in [0.5, 0.6) is 11.5 Å². The van der Waals surface area contributed by atoms with Crippen LogP contribution in [0, 0.1) is 5.41 Å². The summed E-state index contributed by atoms with van der Waals surface area (Å²) in [6, 6.07) is 5.42. The third-order valence-corrected chi connectivity index (χ3v) is 3.65. The Balaban J connectivity index is 1.64. The van der Waals surface area contributed by atoms with E-state index in [-0.39, 0.29) is 6.54 Å². The Hall–Kier alpha value is -2.24. The Morgan fingerprint density at radius 3 is 2.55 bits per heavy atom. The summed E-state index contributed by atoms with van der Waals surface area (Å²) in [6.07, 6.45) is 0.824. The average molecular weight is 277 g/mol. The van der Waals surface area contributed by atoms with Crippen LogP contribution in [0.15, 0.2) is 18.2 Å². The van der Waals surface area contributed by atoms with Gasteiger partial charge in [-0.2, -0.15) is 0 Å². The summed E-state index contributed by atoms with van der Waals surface area (Å²) >= 11 is 0. The minimum atomic E-state index is -1.20. The Morgan fingerprint density at radius 1 is 1.20 bits per heavy atom. The summed E-state index contributed by atoms with van der Waals surface area (Å²) in [5.41, 5.74) is -0.350. The molecule has 106 valence electrons. The number of carboxylic acids is 1. The van der Waals surface area contributed by atoms with Gasteiger partial charge in [-0.3, -0.25) is 9.59 Å². The molecule has 2 N–H and O–H groups in total. The fourth-order valence-electron chi connectivity index (χ4n) is 2.21. The van der Waals surface area contributed by atoms with E-state index in [0.717, 1.165) is 5.56 Å². The average Bonchev–Trinajstić information content (AvgIpc) is 3.26. The zero-order valence-electron chi connectivity index (χ0n) is 10.8. The Morgan fingerprint density at radius 2 is 1.90 bits per heavy atom. The first-order valence-corrected chi connectivity index (χ1v) is 6.52. The van der Waals surface area contributed by atoms with E-state index in [2.05, 4.69) is 5.32 Å². The van der Waals surface area contributed by atoms with Crippen molar-refractivity contribution >= 4 is 11.9 Å². The smallest absolute Gasteiger partial charge is 0.319 e. The van der Waals surface area contributed by atoms with Gasteiger partial charge in [0.15, 0.2) is 11.5 Å². The van der Waals surface area contributed by atoms with E-state index < -0.39 is 17.3 Å². The first-order valence-electron chi connectivity index (χ1n) is 6.52. The number of hydrogen-bond acceptors (Lipinski definition) is 4. The number of aliphatic carboxylic acids is 1. The lowest BCUT2D eigenvalue weighted by atomic mass is 10.1. The number of fused-ring (bicyclic) bond motifs is 1. The molecular weight excluding hydrogens is 262 g/mol. The largest absolute Gasteiger partial charge is 0.486 e. The van der Waals surface area contributed by atoms with Crippen LogP contribution in [-0.4, -0.2) is 30.2 Å². The van der Waals surface area contributed by atoms with E-state index >= 15 is 0 Å². The zero-order valence-corrected chi connectivity index (χ0v) is 10.8. The van der Waals surface area contributed by atoms with Gasteiger partial charge in [0, 0.05) is 6.54 Å². The highest BCUT2D eigenvalue weighted by atomic mass is 16.6. The van der Waals surface area contributed by atoms with Gasteiger partial charge in [0.05, 0.1) is 0 Å². The number of carboxylic acid groups (broad SMARTS) is 1. The molecule has 1 aromatic rings. The first-order chi connectivity index (χ1) is 9.62. The van der Waals surface area contributed by atoms with E-state index in [4.69, 9.17) is 14.6 Å². The normalized spacial score (nSPS) is 18.2. The van der Waals surface area contributed by atoms with E-state index in [1.54, 1.807) is 12.1 Å². The Bertz CT molecular complexity index is 565. The molecule has 6 nitrogen and oxygen atoms in total. The lowest BCUT2D eigenvalue weighted by Crippen LogP contribution is -2.36. The molecule has 1 amide bonds. The molecule has 0 spiro atoms. The summed E-state index contributed by atoms with van der Waals surface area (Å²) in [5, 5.41) is 11.7. The summed E-state index contributed by atoms with van der Waals surface area (Å²) < 4.78 is 10.9. The Kier molecular flexibility index (Phi) is 3.00. The van der Waals surface area contributed by atoms with Gasteiger partial charge in [-0.25, -0.2) is 0 Å². The van der Waals surface area contributed by atoms with E-state index in [1.807, 2.05) is 6.07 Å². The number of amides is 1. The maximum atomic E-state index is 11.9. The standard InChI is InChI=1S/C14H15NO5/c16-12(14(3-4-14)13(17)18)15-8-9-1-2-10-11(7-9)20-6-5-19-10/h1-2,7H,3-6,8H2,(H,15,16)(H,17,18). The van der Waals surface area contributed by atoms with Gasteiger partial charge in [0.25, 0.3) is 0 Å². The molecule has 1 aliphatic heterocycles. The van der Waals surface area contributed by atoms with Crippen LogP contribution < -0.4 is 14.8 Å². The molecule has 0 radical (unpaired) electrons. The molecule has 1 saturated carbocycles. The van der Waals surface area contributed by atoms with Gasteiger partial charge in [-0.15, -0.1) is 0 Å². The second-order valence-corrected chi connectivity index (χ2v) is 5.05. The van der Waals surface area contributed by atoms with Crippen LogP contribution in [0.4, 0.5) is 0 Å². The molecule has 2 aliphatic rings. The van der Waals surface area contributed by atoms with Crippen molar-refractivity contribution in [3.63, 3.8) is 0 Å². The number of hydrogen-bond donors (Lipinski definition) is 2. The molecule has 1 fully saturated rings. The van der Waals surface area contributed by atoms with Gasteiger partial charge in [0.2, 0.25) is 5.91 Å². The molecular formula is C14H15NO5. The third kappa shape index (κ3) is 2.17. The fraction of sp³-hybridized carbons (Fsp3) is 0.429. The van der Waals surface area contributed by atoms with Gasteiger partial charge < -0.3 is 19.9 Å². The minimum Gasteiger partial charge on any atom is -0.486 e. The van der Waals surface area contributed by atoms with E-state index in [0.29, 0.717) is 37.6 Å². The van der Waals surface area contributed by atoms with Crippen molar-refractivity contribution in [3.05, 3.63) is 23.8 Å². The number of carbonyl (C=O) groups is 2. The number of ether oxygens (including phenoxy) is 2. The molecule has 20 heavy (non-hydrogen) atoms. The van der Waals surface area contributed by atoms with Gasteiger partial charge in [-0.05, 0) is 30.5 Å². The quantitative estimate of drug-likeness (QED) is 0.800. The molecule has 3 rings (SSSR count). The summed E-state index contributed by atoms with van der Waals surface area (Å²) in [6.45, 7) is 1.32. The summed E-state index contributed by atoms with van der Waals surface area (Å²) in [4.78, 5) is 22.9. The van der Waals surface area contributed by atoms with Crippen LogP contribution in [0.1, 0.15) is 18.4 Å². The third-order valence-electron chi connectivity index (χ3n) is 3.65. The fourth-order valence-corrected chi connectivity index (χ4v) is 2.21. The molecule has 0 saturated heterocycles. The number of nitrogens with one attached hydrogen (secondary N) is 1. The maximum absolute atomic E-state index is 11.9. The predicted octanol–water partition coefficient (Wildman–Crippen LogP) is 0.939. The van der Waals surface area contributed by atoms with Crippen LogP contribution in [0.2, 0.25) is 0 Å². The molecule has 0 unspecified atom stereocenters. The molecule has 6 heteroatoms. The van der Waals surface area contributed by atoms with Crippen molar-refractivity contribution in [3.8, 4) is 11.5 Å². The molecule has 0 bridgehead atoms. The highest BCUT2D eigenvalue weighted by Crippen LogP contribution is 2.46. The first kappa shape index (κ1) is 12.8. The van der Waals surface area contributed by atoms with Crippen molar-refractivity contribution in [2.45, 2.75) is 19.4 Å². The summed E-state index contributed by atoms with van der Waals surface area (Å²) in [5.74, 6) is -0.116. The van der Waals surface area contributed by atoms with Gasteiger partial charge in [-0.1, -0.05) is 6.07 Å². The van der Waals surface area contributed by atoms with Crippen LogP contribution in [0.3, 0.4) is 0 Å². The second-order valence-electron chi connectivity index (χ2n) is 5.05. The van der Waals surface area contributed by atoms with Crippen molar-refractivity contribution < 1.29 is 24.2 Å². The highest BCUT2D eigenvalue weighted by molar-refractivity contribution is 6.04. The monoisotopic (exact) mass is 277 g/mol. The SMILES string of the molecule is O=C(O)C1(C(=O)NCc2ccc3c(c2)OCCO3)CC1. The van der Waals surface area contributed by atoms with Crippen LogP contribution in [0.25, 0.3) is 0 Å². The maximum Gasteiger partial charge on any atom is 0.319 e. The lowest BCUT2D eigenvalue weighted by Gasteiger charge is -2.19. The number of carbonyl (C=O) groups excluding carboxylic acids is 1. The summed E-state index contributed by atoms with van der Waals surface area (Å²) in [7, 11) is 0.